The van der Waals surface area contributed by atoms with Crippen molar-refractivity contribution >= 4 is 39.1 Å². The van der Waals surface area contributed by atoms with Crippen LogP contribution in [0.3, 0.4) is 0 Å². The first-order valence-corrected chi connectivity index (χ1v) is 14.7. The molecular formula is C30H35ClFN3O5S. The highest BCUT2D eigenvalue weighted by molar-refractivity contribution is 7.92. The van der Waals surface area contributed by atoms with Crippen molar-refractivity contribution in [2.75, 3.05) is 18.0 Å². The Morgan fingerprint density at radius 2 is 1.63 bits per heavy atom. The summed E-state index contributed by atoms with van der Waals surface area (Å²) in [5.41, 5.74) is 0.994. The van der Waals surface area contributed by atoms with E-state index in [0.717, 1.165) is 9.87 Å². The summed E-state index contributed by atoms with van der Waals surface area (Å²) in [4.78, 5) is 28.4. The lowest BCUT2D eigenvalue weighted by molar-refractivity contribution is -0.140. The Labute approximate surface area is 246 Å². The summed E-state index contributed by atoms with van der Waals surface area (Å²) in [5, 5.41) is 3.01. The third-order valence-corrected chi connectivity index (χ3v) is 8.33. The van der Waals surface area contributed by atoms with Crippen LogP contribution in [-0.4, -0.2) is 50.4 Å². The van der Waals surface area contributed by atoms with Gasteiger partial charge in [-0.1, -0.05) is 41.4 Å². The largest absolute Gasteiger partial charge is 0.495 e. The van der Waals surface area contributed by atoms with E-state index < -0.39 is 45.8 Å². The van der Waals surface area contributed by atoms with Gasteiger partial charge in [-0.2, -0.15) is 0 Å². The molecule has 1 atom stereocenters. The van der Waals surface area contributed by atoms with Gasteiger partial charge in [0.2, 0.25) is 11.8 Å². The van der Waals surface area contributed by atoms with Crippen LogP contribution in [0, 0.1) is 12.7 Å². The molecule has 0 bridgehead atoms. The predicted octanol–water partition coefficient (Wildman–Crippen LogP) is 5.32. The second-order valence-electron chi connectivity index (χ2n) is 10.7. The molecule has 41 heavy (non-hydrogen) atoms. The van der Waals surface area contributed by atoms with Gasteiger partial charge in [-0.15, -0.1) is 0 Å². The third-order valence-electron chi connectivity index (χ3n) is 6.24. The molecular weight excluding hydrogens is 569 g/mol. The Morgan fingerprint density at radius 1 is 1.02 bits per heavy atom. The quantitative estimate of drug-likeness (QED) is 0.338. The fourth-order valence-corrected chi connectivity index (χ4v) is 5.68. The lowest BCUT2D eigenvalue weighted by Gasteiger charge is -2.33. The number of amides is 2. The van der Waals surface area contributed by atoms with Gasteiger partial charge in [-0.3, -0.25) is 13.9 Å². The zero-order chi connectivity index (χ0) is 30.5. The van der Waals surface area contributed by atoms with Gasteiger partial charge in [0, 0.05) is 12.1 Å². The summed E-state index contributed by atoms with van der Waals surface area (Å²) >= 11 is 6.34. The molecule has 3 aromatic carbocycles. The Bertz CT molecular complexity index is 1490. The summed E-state index contributed by atoms with van der Waals surface area (Å²) in [6, 6.07) is 15.2. The zero-order valence-corrected chi connectivity index (χ0v) is 25.5. The molecule has 0 spiro atoms. The summed E-state index contributed by atoms with van der Waals surface area (Å²) in [7, 11) is -2.82. The van der Waals surface area contributed by atoms with Crippen molar-refractivity contribution in [3.8, 4) is 5.75 Å². The fraction of sp³-hybridized carbons (Fsp3) is 0.333. The van der Waals surface area contributed by atoms with Crippen LogP contribution >= 0.6 is 11.6 Å². The minimum Gasteiger partial charge on any atom is -0.495 e. The van der Waals surface area contributed by atoms with Crippen LogP contribution in [0.5, 0.6) is 5.75 Å². The average Bonchev–Trinajstić information content (AvgIpc) is 2.90. The molecule has 2 amide bonds. The van der Waals surface area contributed by atoms with Crippen LogP contribution in [0.25, 0.3) is 0 Å². The molecule has 8 nitrogen and oxygen atoms in total. The number of nitrogens with one attached hydrogen (secondary N) is 1. The number of sulfonamides is 1. The zero-order valence-electron chi connectivity index (χ0n) is 23.9. The van der Waals surface area contributed by atoms with Crippen LogP contribution in [0.1, 0.15) is 38.8 Å². The summed E-state index contributed by atoms with van der Waals surface area (Å²) < 4.78 is 47.6. The smallest absolute Gasteiger partial charge is 0.264 e. The Morgan fingerprint density at radius 3 is 2.17 bits per heavy atom. The molecule has 0 unspecified atom stereocenters. The third kappa shape index (κ3) is 8.20. The van der Waals surface area contributed by atoms with Crippen LogP contribution in [0.4, 0.5) is 10.1 Å². The molecule has 0 aliphatic carbocycles. The molecule has 3 rings (SSSR count). The van der Waals surface area contributed by atoms with Crippen molar-refractivity contribution in [3.63, 3.8) is 0 Å². The van der Waals surface area contributed by atoms with Crippen LogP contribution < -0.4 is 14.4 Å². The maximum Gasteiger partial charge on any atom is 0.264 e. The first kappa shape index (κ1) is 31.9. The fourth-order valence-electron chi connectivity index (χ4n) is 4.02. The second-order valence-corrected chi connectivity index (χ2v) is 13.0. The normalized spacial score (nSPS) is 12.4. The number of benzene rings is 3. The molecule has 1 N–H and O–H groups in total. The Kier molecular flexibility index (Phi) is 10.0. The number of nitrogens with zero attached hydrogens (tertiary/aromatic N) is 2. The summed E-state index contributed by atoms with van der Waals surface area (Å²) in [6.45, 7) is 8.14. The molecule has 0 aromatic heterocycles. The number of rotatable bonds is 10. The first-order chi connectivity index (χ1) is 19.1. The van der Waals surface area contributed by atoms with Crippen molar-refractivity contribution < 1.29 is 27.1 Å². The van der Waals surface area contributed by atoms with Crippen LogP contribution in [0.15, 0.2) is 71.6 Å². The van der Waals surface area contributed by atoms with Gasteiger partial charge < -0.3 is 15.0 Å². The number of hydrogen-bond donors (Lipinski definition) is 1. The highest BCUT2D eigenvalue weighted by atomic mass is 35.5. The standard InChI is InChI=1S/C30H35ClFN3O5S/c1-20-7-14-25(15-8-20)41(38,39)35(24-13-16-27(40-6)26(31)17-24)19-28(36)34(18-22-9-11-23(32)12-10-22)21(2)29(37)33-30(3,4)5/h7-17,21H,18-19H2,1-6H3,(H,33,37)/t21-/m1/s1. The summed E-state index contributed by atoms with van der Waals surface area (Å²) in [5.74, 6) is -1.18. The highest BCUT2D eigenvalue weighted by Gasteiger charge is 2.33. The van der Waals surface area contributed by atoms with Gasteiger partial charge in [0.1, 0.15) is 24.2 Å². The molecule has 0 saturated carbocycles. The topological polar surface area (TPSA) is 96.0 Å². The lowest BCUT2D eigenvalue weighted by atomic mass is 10.1. The average molecular weight is 604 g/mol. The van der Waals surface area contributed by atoms with E-state index in [2.05, 4.69) is 5.32 Å². The number of carbonyl (C=O) groups excluding carboxylic acids is 2. The minimum atomic E-state index is -4.25. The van der Waals surface area contributed by atoms with E-state index in [9.17, 15) is 22.4 Å². The number of hydrogen-bond acceptors (Lipinski definition) is 5. The molecule has 11 heteroatoms. The van der Waals surface area contributed by atoms with Crippen LogP contribution in [-0.2, 0) is 26.2 Å². The molecule has 0 radical (unpaired) electrons. The van der Waals surface area contributed by atoms with E-state index in [1.165, 1.54) is 66.6 Å². The van der Waals surface area contributed by atoms with Crippen molar-refractivity contribution in [3.05, 3.63) is 88.7 Å². The highest BCUT2D eigenvalue weighted by Crippen LogP contribution is 2.32. The van der Waals surface area contributed by atoms with Gasteiger partial charge in [-0.05, 0) is 82.6 Å². The SMILES string of the molecule is COc1ccc(N(CC(=O)N(Cc2ccc(F)cc2)[C@H](C)C(=O)NC(C)(C)C)S(=O)(=O)c2ccc(C)cc2)cc1Cl. The molecule has 0 heterocycles. The van der Waals surface area contributed by atoms with Gasteiger partial charge >= 0.3 is 0 Å². The van der Waals surface area contributed by atoms with E-state index in [1.54, 1.807) is 19.1 Å². The number of anilines is 1. The number of methoxy groups -OCH3 is 1. The maximum atomic E-state index is 14.0. The van der Waals surface area contributed by atoms with Crippen molar-refractivity contribution in [2.45, 2.75) is 57.6 Å². The second kappa shape index (κ2) is 12.9. The van der Waals surface area contributed by atoms with Gasteiger partial charge in [0.25, 0.3) is 10.0 Å². The molecule has 0 aliphatic rings. The summed E-state index contributed by atoms with van der Waals surface area (Å²) in [6.07, 6.45) is 0. The number of ether oxygens (including phenoxy) is 1. The predicted molar refractivity (Wildman–Crippen MR) is 158 cm³/mol. The van der Waals surface area contributed by atoms with Gasteiger partial charge in [0.05, 0.1) is 22.7 Å². The number of carbonyl (C=O) groups is 2. The Balaban J connectivity index is 2.07. The van der Waals surface area contributed by atoms with Crippen LogP contribution in [0.2, 0.25) is 5.02 Å². The Hall–Kier alpha value is -3.63. The lowest BCUT2D eigenvalue weighted by Crippen LogP contribution is -2.54. The first-order valence-electron chi connectivity index (χ1n) is 12.9. The van der Waals surface area contributed by atoms with E-state index in [1.807, 2.05) is 27.7 Å². The van der Waals surface area contributed by atoms with Crippen molar-refractivity contribution in [1.29, 1.82) is 0 Å². The van der Waals surface area contributed by atoms with Crippen molar-refractivity contribution in [1.82, 2.24) is 10.2 Å². The molecule has 220 valence electrons. The maximum absolute atomic E-state index is 14.0. The molecule has 0 fully saturated rings. The van der Waals surface area contributed by atoms with Gasteiger partial charge in [-0.25, -0.2) is 12.8 Å². The van der Waals surface area contributed by atoms with Gasteiger partial charge in [0.15, 0.2) is 0 Å². The number of aryl methyl sites for hydroxylation is 1. The van der Waals surface area contributed by atoms with E-state index in [0.29, 0.717) is 11.3 Å². The minimum absolute atomic E-state index is 0.0218. The van der Waals surface area contributed by atoms with E-state index in [-0.39, 0.29) is 22.2 Å². The monoisotopic (exact) mass is 603 g/mol. The molecule has 3 aromatic rings. The molecule has 0 aliphatic heterocycles. The van der Waals surface area contributed by atoms with E-state index in [4.69, 9.17) is 16.3 Å². The van der Waals surface area contributed by atoms with Crippen molar-refractivity contribution in [2.24, 2.45) is 0 Å². The molecule has 0 saturated heterocycles. The van der Waals surface area contributed by atoms with E-state index >= 15 is 0 Å². The number of halogens is 2.